The zero-order chi connectivity index (χ0) is 18.7. The molecule has 0 N–H and O–H groups in total. The minimum absolute atomic E-state index is 0.0139. The first-order valence-corrected chi connectivity index (χ1v) is 9.55. The van der Waals surface area contributed by atoms with E-state index in [2.05, 4.69) is 9.97 Å². The minimum Gasteiger partial charge on any atom is -0.477 e. The lowest BCUT2D eigenvalue weighted by Crippen LogP contribution is -2.58. The number of amides is 1. The molecule has 2 aromatic heterocycles. The quantitative estimate of drug-likeness (QED) is 0.831. The third kappa shape index (κ3) is 3.81. The van der Waals surface area contributed by atoms with Gasteiger partial charge in [-0.1, -0.05) is 12.1 Å². The van der Waals surface area contributed by atoms with Crippen molar-refractivity contribution in [1.82, 2.24) is 14.9 Å². The lowest BCUT2D eigenvalue weighted by Gasteiger charge is -2.50. The number of carbonyl (C=O) groups excluding carboxylic acids is 1. The summed E-state index contributed by atoms with van der Waals surface area (Å²) in [5, 5.41) is 0. The standard InChI is InChI=1S/C21H25N3O3/c1-16-6-4-7-17(23-16)20(25)24-12-9-18-21(14-24,10-5-13-26-18)15-27-19-8-2-3-11-22-19/h2-4,6-8,11,18H,5,9-10,12-15H2,1H3/t18-,21+/m1/s1. The SMILES string of the molecule is Cc1cccc(C(=O)N2CC[C@H]3OCCC[C@@]3(COc3ccccn3)C2)n1. The van der Waals surface area contributed by atoms with Gasteiger partial charge in [-0.3, -0.25) is 4.79 Å². The fourth-order valence-electron chi connectivity index (χ4n) is 4.15. The molecule has 2 atom stereocenters. The first-order valence-electron chi connectivity index (χ1n) is 9.55. The maximum absolute atomic E-state index is 13.0. The second-order valence-electron chi connectivity index (χ2n) is 7.46. The average Bonchev–Trinajstić information content (AvgIpc) is 2.72. The van der Waals surface area contributed by atoms with Crippen LogP contribution in [-0.2, 0) is 4.74 Å². The topological polar surface area (TPSA) is 64.6 Å². The lowest BCUT2D eigenvalue weighted by molar-refractivity contribution is -0.133. The Kier molecular flexibility index (Phi) is 5.07. The van der Waals surface area contributed by atoms with Crippen LogP contribution in [0.25, 0.3) is 0 Å². The molecule has 0 aliphatic carbocycles. The lowest BCUT2D eigenvalue weighted by atomic mass is 9.73. The van der Waals surface area contributed by atoms with Crippen LogP contribution in [0, 0.1) is 12.3 Å². The summed E-state index contributed by atoms with van der Waals surface area (Å²) in [5.74, 6) is 0.597. The van der Waals surface area contributed by atoms with Crippen LogP contribution in [0.15, 0.2) is 42.6 Å². The van der Waals surface area contributed by atoms with Gasteiger partial charge in [0.2, 0.25) is 5.88 Å². The summed E-state index contributed by atoms with van der Waals surface area (Å²) >= 11 is 0. The summed E-state index contributed by atoms with van der Waals surface area (Å²) < 4.78 is 12.1. The number of hydrogen-bond donors (Lipinski definition) is 0. The van der Waals surface area contributed by atoms with E-state index in [0.29, 0.717) is 31.3 Å². The highest BCUT2D eigenvalue weighted by molar-refractivity contribution is 5.92. The Morgan fingerprint density at radius 3 is 3.07 bits per heavy atom. The second kappa shape index (κ2) is 7.64. The predicted octanol–water partition coefficient (Wildman–Crippen LogP) is 2.88. The highest BCUT2D eigenvalue weighted by Gasteiger charge is 2.48. The van der Waals surface area contributed by atoms with Crippen molar-refractivity contribution in [3.8, 4) is 5.88 Å². The normalized spacial score (nSPS) is 24.9. The first kappa shape index (κ1) is 17.9. The van der Waals surface area contributed by atoms with Crippen molar-refractivity contribution in [2.24, 2.45) is 5.41 Å². The fourth-order valence-corrected chi connectivity index (χ4v) is 4.15. The molecule has 2 fully saturated rings. The van der Waals surface area contributed by atoms with Crippen molar-refractivity contribution in [2.45, 2.75) is 32.3 Å². The van der Waals surface area contributed by atoms with Crippen LogP contribution in [0.1, 0.15) is 35.4 Å². The number of hydrogen-bond acceptors (Lipinski definition) is 5. The molecule has 4 rings (SSSR count). The van der Waals surface area contributed by atoms with Gasteiger partial charge in [-0.2, -0.15) is 0 Å². The average molecular weight is 367 g/mol. The van der Waals surface area contributed by atoms with Crippen LogP contribution in [0.3, 0.4) is 0 Å². The van der Waals surface area contributed by atoms with Crippen molar-refractivity contribution in [3.05, 3.63) is 54.0 Å². The molecule has 2 aromatic rings. The van der Waals surface area contributed by atoms with E-state index in [9.17, 15) is 4.79 Å². The molecular weight excluding hydrogens is 342 g/mol. The van der Waals surface area contributed by atoms with Crippen LogP contribution < -0.4 is 4.74 Å². The molecule has 0 spiro atoms. The Bertz CT molecular complexity index is 798. The number of aromatic nitrogens is 2. The highest BCUT2D eigenvalue weighted by atomic mass is 16.5. The molecule has 142 valence electrons. The Morgan fingerprint density at radius 1 is 1.33 bits per heavy atom. The number of likely N-dealkylation sites (tertiary alicyclic amines) is 1. The summed E-state index contributed by atoms with van der Waals surface area (Å²) in [6.45, 7) is 4.49. The minimum atomic E-state index is -0.201. The van der Waals surface area contributed by atoms with Crippen molar-refractivity contribution < 1.29 is 14.3 Å². The smallest absolute Gasteiger partial charge is 0.272 e. The largest absolute Gasteiger partial charge is 0.477 e. The molecule has 6 nitrogen and oxygen atoms in total. The van der Waals surface area contributed by atoms with E-state index in [1.165, 1.54) is 0 Å². The van der Waals surface area contributed by atoms with E-state index in [1.807, 2.05) is 42.2 Å². The fraction of sp³-hybridized carbons (Fsp3) is 0.476. The van der Waals surface area contributed by atoms with Crippen LogP contribution in [0.2, 0.25) is 0 Å². The summed E-state index contributed by atoms with van der Waals surface area (Å²) in [6.07, 6.45) is 4.62. The summed E-state index contributed by atoms with van der Waals surface area (Å²) in [4.78, 5) is 23.6. The Balaban J connectivity index is 1.52. The molecule has 2 saturated heterocycles. The van der Waals surface area contributed by atoms with Crippen molar-refractivity contribution in [2.75, 3.05) is 26.3 Å². The Hall–Kier alpha value is -2.47. The van der Waals surface area contributed by atoms with Crippen LogP contribution in [0.4, 0.5) is 0 Å². The van der Waals surface area contributed by atoms with Gasteiger partial charge >= 0.3 is 0 Å². The number of pyridine rings is 2. The van der Waals surface area contributed by atoms with E-state index < -0.39 is 0 Å². The molecule has 4 heterocycles. The Labute approximate surface area is 159 Å². The van der Waals surface area contributed by atoms with Gasteiger partial charge in [-0.05, 0) is 44.4 Å². The maximum Gasteiger partial charge on any atom is 0.272 e. The second-order valence-corrected chi connectivity index (χ2v) is 7.46. The third-order valence-corrected chi connectivity index (χ3v) is 5.53. The van der Waals surface area contributed by atoms with E-state index >= 15 is 0 Å². The van der Waals surface area contributed by atoms with Gasteiger partial charge in [0.1, 0.15) is 5.69 Å². The molecular formula is C21H25N3O3. The van der Waals surface area contributed by atoms with Crippen molar-refractivity contribution >= 4 is 5.91 Å². The number of piperidine rings is 1. The molecule has 2 aliphatic rings. The van der Waals surface area contributed by atoms with E-state index in [0.717, 1.165) is 31.6 Å². The Morgan fingerprint density at radius 2 is 2.26 bits per heavy atom. The molecule has 27 heavy (non-hydrogen) atoms. The number of rotatable bonds is 4. The molecule has 2 aliphatic heterocycles. The van der Waals surface area contributed by atoms with E-state index in [1.54, 1.807) is 12.3 Å². The van der Waals surface area contributed by atoms with Crippen LogP contribution in [0.5, 0.6) is 5.88 Å². The van der Waals surface area contributed by atoms with Gasteiger partial charge in [0, 0.05) is 43.1 Å². The van der Waals surface area contributed by atoms with Gasteiger partial charge in [-0.15, -0.1) is 0 Å². The summed E-state index contributed by atoms with van der Waals surface area (Å²) in [5.41, 5.74) is 1.16. The maximum atomic E-state index is 13.0. The van der Waals surface area contributed by atoms with Gasteiger partial charge in [0.25, 0.3) is 5.91 Å². The van der Waals surface area contributed by atoms with Crippen LogP contribution in [-0.4, -0.2) is 53.2 Å². The number of fused-ring (bicyclic) bond motifs is 1. The van der Waals surface area contributed by atoms with Crippen molar-refractivity contribution in [1.29, 1.82) is 0 Å². The number of carbonyl (C=O) groups is 1. The molecule has 0 unspecified atom stereocenters. The summed E-state index contributed by atoms with van der Waals surface area (Å²) in [6, 6.07) is 11.2. The molecule has 0 radical (unpaired) electrons. The molecule has 0 aromatic carbocycles. The number of nitrogens with zero attached hydrogens (tertiary/aromatic N) is 3. The predicted molar refractivity (Wildman–Crippen MR) is 101 cm³/mol. The van der Waals surface area contributed by atoms with Gasteiger partial charge in [0.05, 0.1) is 12.7 Å². The van der Waals surface area contributed by atoms with E-state index in [4.69, 9.17) is 9.47 Å². The first-order chi connectivity index (χ1) is 13.2. The zero-order valence-electron chi connectivity index (χ0n) is 15.6. The number of ether oxygens (including phenoxy) is 2. The summed E-state index contributed by atoms with van der Waals surface area (Å²) in [7, 11) is 0. The van der Waals surface area contributed by atoms with Gasteiger partial charge < -0.3 is 14.4 Å². The van der Waals surface area contributed by atoms with Crippen molar-refractivity contribution in [3.63, 3.8) is 0 Å². The van der Waals surface area contributed by atoms with Gasteiger partial charge in [-0.25, -0.2) is 9.97 Å². The molecule has 6 heteroatoms. The molecule has 1 amide bonds. The zero-order valence-corrected chi connectivity index (χ0v) is 15.6. The van der Waals surface area contributed by atoms with Crippen LogP contribution >= 0.6 is 0 Å². The molecule has 0 bridgehead atoms. The van der Waals surface area contributed by atoms with E-state index in [-0.39, 0.29) is 17.4 Å². The van der Waals surface area contributed by atoms with Gasteiger partial charge in [0.15, 0.2) is 0 Å². The molecule has 0 saturated carbocycles. The highest BCUT2D eigenvalue weighted by Crippen LogP contribution is 2.40. The third-order valence-electron chi connectivity index (χ3n) is 5.53. The number of aryl methyl sites for hydroxylation is 1. The monoisotopic (exact) mass is 367 g/mol.